The minimum atomic E-state index is -3.77. The van der Waals surface area contributed by atoms with Gasteiger partial charge in [-0.3, -0.25) is 4.57 Å². The van der Waals surface area contributed by atoms with Crippen molar-refractivity contribution in [1.82, 2.24) is 0 Å². The molecule has 0 atom stereocenters. The van der Waals surface area contributed by atoms with Crippen LogP contribution in [0.1, 0.15) is 104 Å². The van der Waals surface area contributed by atoms with Crippen LogP contribution in [0, 0.1) is 0 Å². The zero-order chi connectivity index (χ0) is 19.7. The Balaban J connectivity index is 0. The summed E-state index contributed by atoms with van der Waals surface area (Å²) in [6, 6.07) is 0. The number of hydrogen-bond donors (Lipinski definition) is 2. The summed E-state index contributed by atoms with van der Waals surface area (Å²) in [6.45, 7) is 12.4. The molecule has 4 nitrogen and oxygen atoms in total. The van der Waals surface area contributed by atoms with E-state index in [4.69, 9.17) is 9.79 Å². The average molecular weight is 472 g/mol. The molecule has 0 rings (SSSR count). The monoisotopic (exact) mass is 471 g/mol. The second-order valence-electron chi connectivity index (χ2n) is 8.16. The third-order valence-corrected chi connectivity index (χ3v) is 6.32. The lowest BCUT2D eigenvalue weighted by Gasteiger charge is -2.38. The first-order valence-corrected chi connectivity index (χ1v) is 13.1. The van der Waals surface area contributed by atoms with Crippen LogP contribution in [0.4, 0.5) is 0 Å². The molecule has 166 valence electrons. The molecule has 0 aromatic heterocycles. The molecule has 2 N–H and O–H groups in total. The predicted octanol–water partition coefficient (Wildman–Crippen LogP) is 3.12. The summed E-state index contributed by atoms with van der Waals surface area (Å²) in [7, 11) is -3.77. The van der Waals surface area contributed by atoms with Gasteiger partial charge in [0.05, 0.1) is 26.2 Å². The van der Waals surface area contributed by atoms with Crippen molar-refractivity contribution in [3.8, 4) is 0 Å². The summed E-state index contributed by atoms with van der Waals surface area (Å²) in [5, 5.41) is 0. The van der Waals surface area contributed by atoms with Crippen LogP contribution in [0.15, 0.2) is 0 Å². The second kappa shape index (κ2) is 18.6. The molecule has 27 heavy (non-hydrogen) atoms. The number of halogens is 1. The molecule has 0 heterocycles. The van der Waals surface area contributed by atoms with Crippen LogP contribution in [0.3, 0.4) is 0 Å². The van der Waals surface area contributed by atoms with E-state index in [1.807, 2.05) is 0 Å². The smallest absolute Gasteiger partial charge is 0.325 e. The molecule has 0 aromatic carbocycles. The highest BCUT2D eigenvalue weighted by Gasteiger charge is 2.23. The summed E-state index contributed by atoms with van der Waals surface area (Å²) >= 11 is 0. The van der Waals surface area contributed by atoms with Crippen molar-refractivity contribution in [2.75, 3.05) is 32.3 Å². The molecule has 0 saturated carbocycles. The Morgan fingerprint density at radius 3 is 1.26 bits per heavy atom. The Bertz CT molecular complexity index is 346. The molecule has 0 saturated heterocycles. The van der Waals surface area contributed by atoms with Crippen LogP contribution >= 0.6 is 7.60 Å². The zero-order valence-electron chi connectivity index (χ0n) is 18.3. The Morgan fingerprint density at radius 2 is 0.926 bits per heavy atom. The molecule has 0 bridgehead atoms. The van der Waals surface area contributed by atoms with Crippen molar-refractivity contribution in [1.29, 1.82) is 0 Å². The fourth-order valence-electron chi connectivity index (χ4n) is 4.27. The van der Waals surface area contributed by atoms with E-state index < -0.39 is 7.60 Å². The number of nitrogens with zero attached hydrogens (tertiary/aromatic N) is 1. The zero-order valence-corrected chi connectivity index (χ0v) is 20.8. The summed E-state index contributed by atoms with van der Waals surface area (Å²) in [5.74, 6) is 0. The van der Waals surface area contributed by atoms with Gasteiger partial charge in [0.15, 0.2) is 0 Å². The van der Waals surface area contributed by atoms with Gasteiger partial charge in [0, 0.05) is 6.16 Å². The maximum atomic E-state index is 10.8. The molecule has 0 aromatic rings. The van der Waals surface area contributed by atoms with E-state index in [0.717, 1.165) is 12.8 Å². The minimum absolute atomic E-state index is 0. The van der Waals surface area contributed by atoms with Crippen molar-refractivity contribution in [3.63, 3.8) is 0 Å². The van der Waals surface area contributed by atoms with Gasteiger partial charge in [-0.25, -0.2) is 0 Å². The maximum Gasteiger partial charge on any atom is 0.325 e. The predicted molar refractivity (Wildman–Crippen MR) is 114 cm³/mol. The summed E-state index contributed by atoms with van der Waals surface area (Å²) in [6.07, 6.45) is 16.0. The van der Waals surface area contributed by atoms with Crippen LogP contribution in [-0.2, 0) is 4.57 Å². The summed E-state index contributed by atoms with van der Waals surface area (Å²) < 4.78 is 12.1. The highest BCUT2D eigenvalue weighted by molar-refractivity contribution is 7.51. The standard InChI is InChI=1S/C21H46NO3P.BrH/c1-4-17-22(18-5-2,19-6-3)20-15-13-11-9-7-8-10-12-14-16-21-26(23,24)25;/h4-21H2,1-3H3,(H-,23,24,25);1H. The van der Waals surface area contributed by atoms with E-state index in [1.54, 1.807) is 0 Å². The number of quaternary nitrogens is 1. The molecule has 0 radical (unpaired) electrons. The van der Waals surface area contributed by atoms with Crippen LogP contribution in [0.25, 0.3) is 0 Å². The van der Waals surface area contributed by atoms with Crippen molar-refractivity contribution >= 4 is 7.60 Å². The SMILES string of the molecule is CCC[N+](CCC)(CCC)CCCCCCCCCCCCP(=O)(O)O.[Br-]. The first-order valence-electron chi connectivity index (χ1n) is 11.3. The largest absolute Gasteiger partial charge is 1.00 e. The topological polar surface area (TPSA) is 57.5 Å². The molecule has 0 aliphatic rings. The number of unbranched alkanes of at least 4 members (excludes halogenated alkanes) is 9. The molecule has 0 aliphatic heterocycles. The quantitative estimate of drug-likeness (QED) is 0.173. The van der Waals surface area contributed by atoms with Crippen molar-refractivity contribution < 1.29 is 35.8 Å². The van der Waals surface area contributed by atoms with Crippen LogP contribution < -0.4 is 17.0 Å². The maximum absolute atomic E-state index is 10.8. The third-order valence-electron chi connectivity index (χ3n) is 5.43. The Morgan fingerprint density at radius 1 is 0.593 bits per heavy atom. The first-order chi connectivity index (χ1) is 12.4. The van der Waals surface area contributed by atoms with Gasteiger partial charge >= 0.3 is 7.60 Å². The van der Waals surface area contributed by atoms with Crippen molar-refractivity contribution in [3.05, 3.63) is 0 Å². The summed E-state index contributed by atoms with van der Waals surface area (Å²) in [5.41, 5.74) is 0. The van der Waals surface area contributed by atoms with E-state index in [1.165, 1.54) is 94.9 Å². The first kappa shape index (κ1) is 29.8. The molecule has 0 fully saturated rings. The Hall–Kier alpha value is 0.590. The molecule has 0 unspecified atom stereocenters. The fourth-order valence-corrected chi connectivity index (χ4v) is 4.91. The minimum Gasteiger partial charge on any atom is -1.00 e. The Labute approximate surface area is 180 Å². The van der Waals surface area contributed by atoms with Crippen molar-refractivity contribution in [2.45, 2.75) is 104 Å². The molecule has 0 spiro atoms. The van der Waals surface area contributed by atoms with Gasteiger partial charge < -0.3 is 31.3 Å². The normalized spacial score (nSPS) is 12.2. The van der Waals surface area contributed by atoms with E-state index in [2.05, 4.69) is 20.8 Å². The van der Waals surface area contributed by atoms with E-state index in [0.29, 0.717) is 6.42 Å². The summed E-state index contributed by atoms with van der Waals surface area (Å²) in [4.78, 5) is 17.6. The van der Waals surface area contributed by atoms with Gasteiger partial charge in [-0.15, -0.1) is 0 Å². The number of rotatable bonds is 19. The van der Waals surface area contributed by atoms with E-state index in [9.17, 15) is 4.57 Å². The molecule has 0 amide bonds. The van der Waals surface area contributed by atoms with Gasteiger partial charge in [0.2, 0.25) is 0 Å². The molecule has 6 heteroatoms. The average Bonchev–Trinajstić information content (AvgIpc) is 2.55. The fraction of sp³-hybridized carbons (Fsp3) is 1.00. The molecular weight excluding hydrogens is 425 g/mol. The van der Waals surface area contributed by atoms with E-state index in [-0.39, 0.29) is 23.1 Å². The third kappa shape index (κ3) is 18.4. The van der Waals surface area contributed by atoms with Gasteiger partial charge in [0.1, 0.15) is 0 Å². The van der Waals surface area contributed by atoms with E-state index >= 15 is 0 Å². The van der Waals surface area contributed by atoms with Crippen LogP contribution in [0.5, 0.6) is 0 Å². The van der Waals surface area contributed by atoms with Gasteiger partial charge in [-0.1, -0.05) is 65.7 Å². The number of hydrogen-bond acceptors (Lipinski definition) is 1. The van der Waals surface area contributed by atoms with Gasteiger partial charge in [-0.05, 0) is 38.5 Å². The molecule has 0 aliphatic carbocycles. The lowest BCUT2D eigenvalue weighted by atomic mass is 10.1. The second-order valence-corrected chi connectivity index (χ2v) is 9.94. The highest BCUT2D eigenvalue weighted by atomic mass is 79.9. The Kier molecular flexibility index (Phi) is 20.5. The van der Waals surface area contributed by atoms with Gasteiger partial charge in [0.25, 0.3) is 0 Å². The van der Waals surface area contributed by atoms with Gasteiger partial charge in [-0.2, -0.15) is 0 Å². The highest BCUT2D eigenvalue weighted by Crippen LogP contribution is 2.35. The lowest BCUT2D eigenvalue weighted by Crippen LogP contribution is -3.00. The molecular formula is C21H47BrNO3P. The van der Waals surface area contributed by atoms with Crippen LogP contribution in [0.2, 0.25) is 0 Å². The van der Waals surface area contributed by atoms with Crippen molar-refractivity contribution in [2.24, 2.45) is 0 Å². The lowest BCUT2D eigenvalue weighted by molar-refractivity contribution is -0.928. The van der Waals surface area contributed by atoms with Crippen LogP contribution in [-0.4, -0.2) is 46.6 Å².